The first-order valence-electron chi connectivity index (χ1n) is 4.28. The Morgan fingerprint density at radius 2 is 1.93 bits per heavy atom. The first kappa shape index (κ1) is 11.1. The van der Waals surface area contributed by atoms with Crippen LogP contribution in [0.15, 0.2) is 30.4 Å². The van der Waals surface area contributed by atoms with E-state index < -0.39 is 5.97 Å². The summed E-state index contributed by atoms with van der Waals surface area (Å²) in [5, 5.41) is 9.28. The standard InChI is InChI=1S/C11H12O4/c1-7(2)11(13)15-10-5-8(12)4-9(6-10)14-3/h4-6,12H,1H2,2-3H3. The zero-order valence-electron chi connectivity index (χ0n) is 8.61. The van der Waals surface area contributed by atoms with Gasteiger partial charge in [-0.25, -0.2) is 4.79 Å². The minimum atomic E-state index is -0.539. The zero-order valence-corrected chi connectivity index (χ0v) is 8.61. The minimum Gasteiger partial charge on any atom is -0.508 e. The molecule has 0 aliphatic heterocycles. The maximum Gasteiger partial charge on any atom is 0.338 e. The van der Waals surface area contributed by atoms with Crippen molar-refractivity contribution in [1.29, 1.82) is 0 Å². The Morgan fingerprint density at radius 3 is 2.47 bits per heavy atom. The molecule has 0 saturated heterocycles. The van der Waals surface area contributed by atoms with Gasteiger partial charge < -0.3 is 14.6 Å². The van der Waals surface area contributed by atoms with Crippen LogP contribution in [-0.2, 0) is 4.79 Å². The van der Waals surface area contributed by atoms with E-state index in [4.69, 9.17) is 9.47 Å². The van der Waals surface area contributed by atoms with Crippen LogP contribution < -0.4 is 9.47 Å². The number of phenolic OH excluding ortho intramolecular Hbond substituents is 1. The van der Waals surface area contributed by atoms with E-state index >= 15 is 0 Å². The largest absolute Gasteiger partial charge is 0.508 e. The molecule has 1 rings (SSSR count). The average Bonchev–Trinajstić information content (AvgIpc) is 2.16. The molecule has 0 amide bonds. The van der Waals surface area contributed by atoms with Crippen LogP contribution in [-0.4, -0.2) is 18.2 Å². The molecule has 4 heteroatoms. The van der Waals surface area contributed by atoms with Gasteiger partial charge in [0.15, 0.2) is 0 Å². The van der Waals surface area contributed by atoms with E-state index in [2.05, 4.69) is 6.58 Å². The lowest BCUT2D eigenvalue weighted by atomic mass is 10.3. The lowest BCUT2D eigenvalue weighted by Gasteiger charge is -2.06. The molecule has 1 aromatic carbocycles. The molecule has 0 aromatic heterocycles. The van der Waals surface area contributed by atoms with Crippen LogP contribution in [0, 0.1) is 0 Å². The number of aromatic hydroxyl groups is 1. The second-order valence-electron chi connectivity index (χ2n) is 3.04. The number of benzene rings is 1. The normalized spacial score (nSPS) is 9.47. The molecule has 80 valence electrons. The molecule has 0 atom stereocenters. The van der Waals surface area contributed by atoms with E-state index in [-0.39, 0.29) is 17.1 Å². The average molecular weight is 208 g/mol. The van der Waals surface area contributed by atoms with Gasteiger partial charge >= 0.3 is 5.97 Å². The zero-order chi connectivity index (χ0) is 11.4. The summed E-state index contributed by atoms with van der Waals surface area (Å²) in [7, 11) is 1.46. The first-order chi connectivity index (χ1) is 7.02. The second-order valence-corrected chi connectivity index (χ2v) is 3.04. The van der Waals surface area contributed by atoms with Crippen molar-refractivity contribution in [1.82, 2.24) is 0 Å². The molecular formula is C11H12O4. The first-order valence-corrected chi connectivity index (χ1v) is 4.28. The van der Waals surface area contributed by atoms with Crippen LogP contribution in [0.5, 0.6) is 17.2 Å². The van der Waals surface area contributed by atoms with Crippen molar-refractivity contribution in [2.75, 3.05) is 7.11 Å². The topological polar surface area (TPSA) is 55.8 Å². The maximum absolute atomic E-state index is 11.2. The Labute approximate surface area is 87.7 Å². The molecule has 1 aromatic rings. The number of methoxy groups -OCH3 is 1. The molecule has 15 heavy (non-hydrogen) atoms. The van der Waals surface area contributed by atoms with Gasteiger partial charge in [0.2, 0.25) is 0 Å². The van der Waals surface area contributed by atoms with Crippen molar-refractivity contribution in [2.24, 2.45) is 0 Å². The third-order valence-electron chi connectivity index (χ3n) is 1.66. The Morgan fingerprint density at radius 1 is 1.33 bits per heavy atom. The van der Waals surface area contributed by atoms with Gasteiger partial charge in [0.25, 0.3) is 0 Å². The number of ether oxygens (including phenoxy) is 2. The van der Waals surface area contributed by atoms with Crippen molar-refractivity contribution >= 4 is 5.97 Å². The van der Waals surface area contributed by atoms with Crippen molar-refractivity contribution in [3.8, 4) is 17.2 Å². The Kier molecular flexibility index (Phi) is 3.33. The lowest BCUT2D eigenvalue weighted by molar-refractivity contribution is -0.130. The molecule has 0 bridgehead atoms. The fourth-order valence-corrected chi connectivity index (χ4v) is 0.928. The summed E-state index contributed by atoms with van der Waals surface area (Å²) >= 11 is 0. The van der Waals surface area contributed by atoms with Crippen molar-refractivity contribution < 1.29 is 19.4 Å². The molecule has 0 radical (unpaired) electrons. The molecule has 0 unspecified atom stereocenters. The van der Waals surface area contributed by atoms with Gasteiger partial charge in [-0.2, -0.15) is 0 Å². The summed E-state index contributed by atoms with van der Waals surface area (Å²) in [4.78, 5) is 11.2. The number of hydrogen-bond donors (Lipinski definition) is 1. The summed E-state index contributed by atoms with van der Waals surface area (Å²) in [6.45, 7) is 4.99. The SMILES string of the molecule is C=C(C)C(=O)Oc1cc(O)cc(OC)c1. The Bertz CT molecular complexity index is 396. The highest BCUT2D eigenvalue weighted by atomic mass is 16.5. The van der Waals surface area contributed by atoms with Crippen LogP contribution in [0.1, 0.15) is 6.92 Å². The van der Waals surface area contributed by atoms with E-state index in [1.165, 1.54) is 25.3 Å². The van der Waals surface area contributed by atoms with Crippen LogP contribution in [0.25, 0.3) is 0 Å². The molecule has 4 nitrogen and oxygen atoms in total. The number of phenols is 1. The smallest absolute Gasteiger partial charge is 0.338 e. The molecule has 0 fully saturated rings. The van der Waals surface area contributed by atoms with Crippen LogP contribution in [0.3, 0.4) is 0 Å². The number of carbonyl (C=O) groups is 1. The van der Waals surface area contributed by atoms with Gasteiger partial charge in [0.1, 0.15) is 17.2 Å². The van der Waals surface area contributed by atoms with Crippen LogP contribution in [0.2, 0.25) is 0 Å². The highest BCUT2D eigenvalue weighted by Gasteiger charge is 2.07. The van der Waals surface area contributed by atoms with Crippen LogP contribution >= 0.6 is 0 Å². The molecule has 0 aliphatic rings. The van der Waals surface area contributed by atoms with E-state index in [0.29, 0.717) is 5.75 Å². The highest BCUT2D eigenvalue weighted by molar-refractivity contribution is 5.88. The number of rotatable bonds is 3. The van der Waals surface area contributed by atoms with Gasteiger partial charge in [0, 0.05) is 23.8 Å². The number of carbonyl (C=O) groups excluding carboxylic acids is 1. The fourth-order valence-electron chi connectivity index (χ4n) is 0.928. The van der Waals surface area contributed by atoms with E-state index in [1.54, 1.807) is 6.92 Å². The van der Waals surface area contributed by atoms with Gasteiger partial charge in [0.05, 0.1) is 7.11 Å². The summed E-state index contributed by atoms with van der Waals surface area (Å²) in [5.41, 5.74) is 0.289. The highest BCUT2D eigenvalue weighted by Crippen LogP contribution is 2.26. The molecular weight excluding hydrogens is 196 g/mol. The van der Waals surface area contributed by atoms with Gasteiger partial charge in [-0.05, 0) is 6.92 Å². The summed E-state index contributed by atoms with van der Waals surface area (Å²) in [6, 6.07) is 4.24. The summed E-state index contributed by atoms with van der Waals surface area (Å²) < 4.78 is 9.82. The summed E-state index contributed by atoms with van der Waals surface area (Å²) in [6.07, 6.45) is 0. The lowest BCUT2D eigenvalue weighted by Crippen LogP contribution is -2.08. The third kappa shape index (κ3) is 3.02. The number of hydrogen-bond acceptors (Lipinski definition) is 4. The summed E-state index contributed by atoms with van der Waals surface area (Å²) in [5.74, 6) is 0.0703. The van der Waals surface area contributed by atoms with E-state index in [1.807, 2.05) is 0 Å². The van der Waals surface area contributed by atoms with Crippen molar-refractivity contribution in [2.45, 2.75) is 6.92 Å². The van der Waals surface area contributed by atoms with Gasteiger partial charge in [-0.15, -0.1) is 0 Å². The second kappa shape index (κ2) is 4.50. The number of esters is 1. The van der Waals surface area contributed by atoms with Crippen LogP contribution in [0.4, 0.5) is 0 Å². The van der Waals surface area contributed by atoms with Gasteiger partial charge in [-0.3, -0.25) is 0 Å². The Balaban J connectivity index is 2.90. The van der Waals surface area contributed by atoms with E-state index in [9.17, 15) is 9.90 Å². The monoisotopic (exact) mass is 208 g/mol. The Hall–Kier alpha value is -1.97. The molecule has 1 N–H and O–H groups in total. The van der Waals surface area contributed by atoms with Crippen molar-refractivity contribution in [3.63, 3.8) is 0 Å². The molecule has 0 spiro atoms. The fraction of sp³-hybridized carbons (Fsp3) is 0.182. The van der Waals surface area contributed by atoms with Gasteiger partial charge in [-0.1, -0.05) is 6.58 Å². The molecule has 0 aliphatic carbocycles. The minimum absolute atomic E-state index is 0.0288. The predicted octanol–water partition coefficient (Wildman–Crippen LogP) is 1.88. The molecule has 0 saturated carbocycles. The maximum atomic E-state index is 11.2. The predicted molar refractivity (Wildman–Crippen MR) is 55.1 cm³/mol. The quantitative estimate of drug-likeness (QED) is 0.468. The van der Waals surface area contributed by atoms with Crippen molar-refractivity contribution in [3.05, 3.63) is 30.4 Å². The van der Waals surface area contributed by atoms with E-state index in [0.717, 1.165) is 0 Å². The molecule has 0 heterocycles. The third-order valence-corrected chi connectivity index (χ3v) is 1.66.